The number of halogens is 1. The highest BCUT2D eigenvalue weighted by atomic mass is 19.1. The molecule has 0 aliphatic rings. The molecule has 0 fully saturated rings. The Balaban J connectivity index is 2.31. The summed E-state index contributed by atoms with van der Waals surface area (Å²) in [5.41, 5.74) is 2.35. The van der Waals surface area contributed by atoms with Gasteiger partial charge >= 0.3 is 5.97 Å². The second-order valence-electron chi connectivity index (χ2n) is 4.08. The topological polar surface area (TPSA) is 55.1 Å². The molecule has 1 aromatic heterocycles. The molecule has 0 saturated carbocycles. The minimum absolute atomic E-state index is 0.0554. The molecule has 1 heterocycles. The number of hydrogen-bond acceptors (Lipinski definition) is 2. The van der Waals surface area contributed by atoms with Gasteiger partial charge in [-0.05, 0) is 36.2 Å². The molecule has 0 aliphatic heterocycles. The number of hydrogen-bond donors (Lipinski definition) is 1. The van der Waals surface area contributed by atoms with Crippen molar-refractivity contribution in [3.63, 3.8) is 0 Å². The van der Waals surface area contributed by atoms with Crippen LogP contribution in [0.15, 0.2) is 30.5 Å². The van der Waals surface area contributed by atoms with Gasteiger partial charge < -0.3 is 5.11 Å². The lowest BCUT2D eigenvalue weighted by molar-refractivity contribution is -0.136. The van der Waals surface area contributed by atoms with Gasteiger partial charge in [0.25, 0.3) is 0 Å². The number of nitrogens with zero attached hydrogens (tertiary/aromatic N) is 2. The minimum Gasteiger partial charge on any atom is -0.481 e. The average Bonchev–Trinajstić information content (AvgIpc) is 2.69. The summed E-state index contributed by atoms with van der Waals surface area (Å²) in [7, 11) is 1.78. The number of aromatic nitrogens is 2. The van der Waals surface area contributed by atoms with E-state index >= 15 is 0 Å². The third-order valence-electron chi connectivity index (χ3n) is 2.63. The van der Waals surface area contributed by atoms with Crippen LogP contribution in [0.4, 0.5) is 4.39 Å². The predicted octanol–water partition coefficient (Wildman–Crippen LogP) is 2.24. The van der Waals surface area contributed by atoms with Gasteiger partial charge in [0.15, 0.2) is 0 Å². The molecule has 0 atom stereocenters. The van der Waals surface area contributed by atoms with Crippen LogP contribution in [0.1, 0.15) is 12.0 Å². The first kappa shape index (κ1) is 12.3. The Morgan fingerprint density at radius 2 is 2.06 bits per heavy atom. The van der Waals surface area contributed by atoms with Crippen LogP contribution >= 0.6 is 0 Å². The summed E-state index contributed by atoms with van der Waals surface area (Å²) in [5, 5.41) is 13.0. The Morgan fingerprint density at radius 1 is 1.39 bits per heavy atom. The summed E-state index contributed by atoms with van der Waals surface area (Å²) in [5.74, 6) is -1.15. The number of aryl methyl sites for hydroxylation is 2. The lowest BCUT2D eigenvalue weighted by Crippen LogP contribution is -1.97. The van der Waals surface area contributed by atoms with Crippen molar-refractivity contribution >= 4 is 5.97 Å². The summed E-state index contributed by atoms with van der Waals surface area (Å²) in [6.07, 6.45) is 2.26. The summed E-state index contributed by atoms with van der Waals surface area (Å²) in [6, 6.07) is 6.01. The fraction of sp³-hybridized carbons (Fsp3) is 0.231. The molecule has 94 valence electrons. The predicted molar refractivity (Wildman–Crippen MR) is 64.6 cm³/mol. The van der Waals surface area contributed by atoms with Gasteiger partial charge in [-0.2, -0.15) is 5.10 Å². The van der Waals surface area contributed by atoms with Gasteiger partial charge in [-0.1, -0.05) is 0 Å². The standard InChI is InChI=1S/C13H13FN2O2/c1-16-8-10(4-7-12(17)18)13(15-16)9-2-5-11(14)6-3-9/h2-3,5-6,8H,4,7H2,1H3,(H,17,18). The van der Waals surface area contributed by atoms with Crippen LogP contribution in [0, 0.1) is 5.82 Å². The first-order valence-corrected chi connectivity index (χ1v) is 5.56. The van der Waals surface area contributed by atoms with Gasteiger partial charge in [0, 0.05) is 25.2 Å². The molecule has 0 saturated heterocycles. The van der Waals surface area contributed by atoms with Crippen molar-refractivity contribution in [2.45, 2.75) is 12.8 Å². The Labute approximate surface area is 104 Å². The summed E-state index contributed by atoms with van der Waals surface area (Å²) in [4.78, 5) is 10.6. The monoisotopic (exact) mass is 248 g/mol. The Bertz CT molecular complexity index is 561. The van der Waals surface area contributed by atoms with Gasteiger partial charge in [0.2, 0.25) is 0 Å². The van der Waals surface area contributed by atoms with Crippen molar-refractivity contribution in [1.82, 2.24) is 9.78 Å². The van der Waals surface area contributed by atoms with Gasteiger partial charge in [0.05, 0.1) is 5.69 Å². The third-order valence-corrected chi connectivity index (χ3v) is 2.63. The largest absolute Gasteiger partial charge is 0.481 e. The van der Waals surface area contributed by atoms with Crippen LogP contribution in [-0.2, 0) is 18.3 Å². The van der Waals surface area contributed by atoms with Crippen molar-refractivity contribution < 1.29 is 14.3 Å². The van der Waals surface area contributed by atoms with Crippen molar-refractivity contribution in [2.24, 2.45) is 7.05 Å². The van der Waals surface area contributed by atoms with E-state index in [2.05, 4.69) is 5.10 Å². The number of carbonyl (C=O) groups is 1. The highest BCUT2D eigenvalue weighted by molar-refractivity contribution is 5.68. The molecule has 0 unspecified atom stereocenters. The number of carboxylic acids is 1. The molecular weight excluding hydrogens is 235 g/mol. The van der Waals surface area contributed by atoms with E-state index < -0.39 is 5.97 Å². The van der Waals surface area contributed by atoms with Gasteiger partial charge in [-0.15, -0.1) is 0 Å². The average molecular weight is 248 g/mol. The minimum atomic E-state index is -0.844. The fourth-order valence-corrected chi connectivity index (χ4v) is 1.81. The molecule has 4 nitrogen and oxygen atoms in total. The maximum atomic E-state index is 12.9. The highest BCUT2D eigenvalue weighted by Gasteiger charge is 2.11. The van der Waals surface area contributed by atoms with E-state index in [1.807, 2.05) is 0 Å². The molecule has 0 aliphatic carbocycles. The molecule has 0 radical (unpaired) electrons. The first-order valence-electron chi connectivity index (χ1n) is 5.56. The smallest absolute Gasteiger partial charge is 0.303 e. The second-order valence-corrected chi connectivity index (χ2v) is 4.08. The lowest BCUT2D eigenvalue weighted by atomic mass is 10.0. The van der Waals surface area contributed by atoms with E-state index in [0.717, 1.165) is 11.1 Å². The van der Waals surface area contributed by atoms with Crippen molar-refractivity contribution in [3.05, 3.63) is 41.8 Å². The molecule has 2 aromatic rings. The fourth-order valence-electron chi connectivity index (χ4n) is 1.81. The number of aliphatic carboxylic acids is 1. The van der Waals surface area contributed by atoms with Gasteiger partial charge in [-0.3, -0.25) is 9.48 Å². The molecule has 18 heavy (non-hydrogen) atoms. The van der Waals surface area contributed by atoms with Crippen LogP contribution in [-0.4, -0.2) is 20.9 Å². The van der Waals surface area contributed by atoms with E-state index in [9.17, 15) is 9.18 Å². The molecule has 5 heteroatoms. The summed E-state index contributed by atoms with van der Waals surface area (Å²) < 4.78 is 14.5. The number of benzene rings is 1. The SMILES string of the molecule is Cn1cc(CCC(=O)O)c(-c2ccc(F)cc2)n1. The van der Waals surface area contributed by atoms with Crippen LogP contribution in [0.2, 0.25) is 0 Å². The Kier molecular flexibility index (Phi) is 3.41. The number of rotatable bonds is 4. The van der Waals surface area contributed by atoms with E-state index in [1.54, 1.807) is 30.1 Å². The molecule has 0 bridgehead atoms. The van der Waals surface area contributed by atoms with Crippen molar-refractivity contribution in [3.8, 4) is 11.3 Å². The molecule has 1 aromatic carbocycles. The highest BCUT2D eigenvalue weighted by Crippen LogP contribution is 2.23. The molecule has 2 rings (SSSR count). The van der Waals surface area contributed by atoms with Gasteiger partial charge in [-0.25, -0.2) is 4.39 Å². The van der Waals surface area contributed by atoms with E-state index in [-0.39, 0.29) is 12.2 Å². The molecule has 0 amide bonds. The molecule has 0 spiro atoms. The van der Waals surface area contributed by atoms with E-state index in [0.29, 0.717) is 12.1 Å². The summed E-state index contributed by atoms with van der Waals surface area (Å²) >= 11 is 0. The van der Waals surface area contributed by atoms with Crippen LogP contribution in [0.3, 0.4) is 0 Å². The first-order chi connectivity index (χ1) is 8.56. The maximum absolute atomic E-state index is 12.9. The zero-order chi connectivity index (χ0) is 13.1. The lowest BCUT2D eigenvalue weighted by Gasteiger charge is -2.01. The Morgan fingerprint density at radius 3 is 2.67 bits per heavy atom. The molecular formula is C13H13FN2O2. The van der Waals surface area contributed by atoms with Crippen LogP contribution in [0.5, 0.6) is 0 Å². The Hall–Kier alpha value is -2.17. The molecule has 1 N–H and O–H groups in total. The zero-order valence-electron chi connectivity index (χ0n) is 9.93. The van der Waals surface area contributed by atoms with Gasteiger partial charge in [0.1, 0.15) is 5.82 Å². The second kappa shape index (κ2) is 5.00. The van der Waals surface area contributed by atoms with Crippen LogP contribution in [0.25, 0.3) is 11.3 Å². The van der Waals surface area contributed by atoms with Crippen LogP contribution < -0.4 is 0 Å². The van der Waals surface area contributed by atoms with E-state index in [4.69, 9.17) is 5.11 Å². The van der Waals surface area contributed by atoms with E-state index in [1.165, 1.54) is 12.1 Å². The quantitative estimate of drug-likeness (QED) is 0.902. The number of carboxylic acid groups (broad SMARTS) is 1. The normalized spacial score (nSPS) is 10.6. The summed E-state index contributed by atoms with van der Waals surface area (Å²) in [6.45, 7) is 0. The zero-order valence-corrected chi connectivity index (χ0v) is 9.93. The van der Waals surface area contributed by atoms with Crippen molar-refractivity contribution in [1.29, 1.82) is 0 Å². The third kappa shape index (κ3) is 2.74. The van der Waals surface area contributed by atoms with Crippen molar-refractivity contribution in [2.75, 3.05) is 0 Å². The maximum Gasteiger partial charge on any atom is 0.303 e.